The molecule has 0 saturated carbocycles. The average Bonchev–Trinajstić information content (AvgIpc) is 2.61. The van der Waals surface area contributed by atoms with E-state index in [0.29, 0.717) is 19.0 Å². The van der Waals surface area contributed by atoms with Crippen LogP contribution in [0.3, 0.4) is 0 Å². The van der Waals surface area contributed by atoms with Crippen LogP contribution in [0.1, 0.15) is 6.92 Å². The van der Waals surface area contributed by atoms with Gasteiger partial charge in [-0.2, -0.15) is 11.8 Å². The topological polar surface area (TPSA) is 84.6 Å². The molecule has 1 rings (SSSR count). The van der Waals surface area contributed by atoms with Gasteiger partial charge in [-0.15, -0.1) is 0 Å². The highest BCUT2D eigenvalue weighted by atomic mass is 32.2. The lowest BCUT2D eigenvalue weighted by molar-refractivity contribution is -0.126. The molecule has 3 atom stereocenters. The highest BCUT2D eigenvalue weighted by Gasteiger charge is 2.32. The van der Waals surface area contributed by atoms with Gasteiger partial charge in [-0.05, 0) is 13.2 Å². The third-order valence-corrected chi connectivity index (χ3v) is 3.47. The van der Waals surface area contributed by atoms with E-state index >= 15 is 0 Å². The van der Waals surface area contributed by atoms with Gasteiger partial charge in [-0.3, -0.25) is 4.79 Å². The highest BCUT2D eigenvalue weighted by molar-refractivity contribution is 7.98. The van der Waals surface area contributed by atoms with Crippen LogP contribution in [-0.4, -0.2) is 54.4 Å². The van der Waals surface area contributed by atoms with Gasteiger partial charge in [-0.1, -0.05) is 0 Å². The Kier molecular flexibility index (Phi) is 5.04. The normalized spacial score (nSPS) is 28.8. The Morgan fingerprint density at radius 2 is 2.38 bits per heavy atom. The zero-order chi connectivity index (χ0) is 12.2. The van der Waals surface area contributed by atoms with Gasteiger partial charge in [0.2, 0.25) is 5.91 Å². The molecule has 0 aromatic heterocycles. The van der Waals surface area contributed by atoms with Crippen LogP contribution in [-0.2, 0) is 9.53 Å². The van der Waals surface area contributed by atoms with E-state index in [1.54, 1.807) is 18.7 Å². The standard InChI is InChI=1S/C10H20N2O3S/c1-10(14,6-16-2)5-12-9(13)7-3-15-4-8(7)11/h7-8,14H,3-6,11H2,1-2H3,(H,12,13). The van der Waals surface area contributed by atoms with E-state index in [9.17, 15) is 9.90 Å². The molecule has 1 aliphatic rings. The van der Waals surface area contributed by atoms with E-state index in [1.165, 1.54) is 0 Å². The summed E-state index contributed by atoms with van der Waals surface area (Å²) in [4.78, 5) is 11.7. The van der Waals surface area contributed by atoms with E-state index < -0.39 is 5.60 Å². The van der Waals surface area contributed by atoms with Crippen molar-refractivity contribution in [1.82, 2.24) is 5.32 Å². The Balaban J connectivity index is 2.34. The molecule has 0 spiro atoms. The van der Waals surface area contributed by atoms with E-state index in [-0.39, 0.29) is 24.4 Å². The highest BCUT2D eigenvalue weighted by Crippen LogP contribution is 2.13. The molecule has 1 heterocycles. The minimum absolute atomic E-state index is 0.133. The van der Waals surface area contributed by atoms with Gasteiger partial charge < -0.3 is 20.9 Å². The van der Waals surface area contributed by atoms with Gasteiger partial charge in [0.1, 0.15) is 0 Å². The Bertz CT molecular complexity index is 248. The van der Waals surface area contributed by atoms with Crippen molar-refractivity contribution in [2.24, 2.45) is 11.7 Å². The summed E-state index contributed by atoms with van der Waals surface area (Å²) in [6.45, 7) is 2.75. The van der Waals surface area contributed by atoms with Gasteiger partial charge in [0.25, 0.3) is 0 Å². The zero-order valence-electron chi connectivity index (χ0n) is 9.73. The van der Waals surface area contributed by atoms with Gasteiger partial charge in [-0.25, -0.2) is 0 Å². The number of ether oxygens (including phenoxy) is 1. The van der Waals surface area contributed by atoms with Crippen molar-refractivity contribution in [2.75, 3.05) is 31.8 Å². The molecule has 1 amide bonds. The molecule has 0 radical (unpaired) electrons. The van der Waals surface area contributed by atoms with Crippen LogP contribution in [0, 0.1) is 5.92 Å². The van der Waals surface area contributed by atoms with E-state index in [4.69, 9.17) is 10.5 Å². The van der Waals surface area contributed by atoms with Crippen LogP contribution in [0.2, 0.25) is 0 Å². The molecule has 4 N–H and O–H groups in total. The van der Waals surface area contributed by atoms with Gasteiger partial charge in [0.15, 0.2) is 0 Å². The summed E-state index contributed by atoms with van der Waals surface area (Å²) < 4.78 is 5.12. The maximum absolute atomic E-state index is 11.7. The molecule has 1 fully saturated rings. The molecule has 0 bridgehead atoms. The number of nitrogens with two attached hydrogens (primary N) is 1. The molecule has 3 unspecified atom stereocenters. The van der Waals surface area contributed by atoms with Crippen molar-refractivity contribution in [3.8, 4) is 0 Å². The molecule has 0 aromatic rings. The minimum atomic E-state index is -0.876. The van der Waals surface area contributed by atoms with E-state index in [2.05, 4.69) is 5.32 Å². The fourth-order valence-corrected chi connectivity index (χ4v) is 2.34. The second-order valence-corrected chi connectivity index (χ2v) is 5.32. The molecule has 1 saturated heterocycles. The molecule has 0 aromatic carbocycles. The number of aliphatic hydroxyl groups is 1. The number of thioether (sulfide) groups is 1. The Morgan fingerprint density at radius 1 is 1.69 bits per heavy atom. The fourth-order valence-electron chi connectivity index (χ4n) is 1.61. The number of carbonyl (C=O) groups excluding carboxylic acids is 1. The third-order valence-electron chi connectivity index (χ3n) is 2.56. The average molecular weight is 248 g/mol. The monoisotopic (exact) mass is 248 g/mol. The maximum atomic E-state index is 11.7. The molecular formula is C10H20N2O3S. The van der Waals surface area contributed by atoms with Crippen LogP contribution >= 0.6 is 11.8 Å². The molecule has 94 valence electrons. The number of amides is 1. The van der Waals surface area contributed by atoms with E-state index in [0.717, 1.165) is 0 Å². The third kappa shape index (κ3) is 3.93. The molecule has 0 aliphatic carbocycles. The molecule has 5 nitrogen and oxygen atoms in total. The summed E-state index contributed by atoms with van der Waals surface area (Å²) in [7, 11) is 0. The summed E-state index contributed by atoms with van der Waals surface area (Å²) in [5, 5.41) is 12.6. The van der Waals surface area contributed by atoms with E-state index in [1.807, 2.05) is 6.26 Å². The van der Waals surface area contributed by atoms with Crippen LogP contribution in [0.4, 0.5) is 0 Å². The first kappa shape index (κ1) is 13.8. The number of rotatable bonds is 5. The lowest BCUT2D eigenvalue weighted by atomic mass is 10.0. The van der Waals surface area contributed by atoms with Crippen molar-refractivity contribution < 1.29 is 14.6 Å². The second kappa shape index (κ2) is 5.86. The first-order valence-corrected chi connectivity index (χ1v) is 6.68. The SMILES string of the molecule is CSCC(C)(O)CNC(=O)C1COCC1N. The summed E-state index contributed by atoms with van der Waals surface area (Å²) in [6, 6.07) is -0.231. The number of carbonyl (C=O) groups is 1. The van der Waals surface area contributed by atoms with Gasteiger partial charge in [0, 0.05) is 18.3 Å². The molecule has 6 heteroatoms. The van der Waals surface area contributed by atoms with Crippen molar-refractivity contribution in [1.29, 1.82) is 0 Å². The summed E-state index contributed by atoms with van der Waals surface area (Å²) in [6.07, 6.45) is 1.91. The maximum Gasteiger partial charge on any atom is 0.227 e. The Morgan fingerprint density at radius 3 is 2.88 bits per heavy atom. The van der Waals surface area contributed by atoms with Crippen LogP contribution < -0.4 is 11.1 Å². The first-order chi connectivity index (χ1) is 7.46. The molecular weight excluding hydrogens is 228 g/mol. The molecule has 16 heavy (non-hydrogen) atoms. The number of hydrogen-bond donors (Lipinski definition) is 3. The largest absolute Gasteiger partial charge is 0.387 e. The quantitative estimate of drug-likeness (QED) is 0.592. The van der Waals surface area contributed by atoms with Crippen LogP contribution in [0.5, 0.6) is 0 Å². The van der Waals surface area contributed by atoms with Crippen LogP contribution in [0.15, 0.2) is 0 Å². The van der Waals surface area contributed by atoms with Crippen molar-refractivity contribution >= 4 is 17.7 Å². The Hall–Kier alpha value is -0.300. The number of nitrogens with one attached hydrogen (secondary N) is 1. The van der Waals surface area contributed by atoms with Crippen molar-refractivity contribution in [3.63, 3.8) is 0 Å². The van der Waals surface area contributed by atoms with Crippen molar-refractivity contribution in [3.05, 3.63) is 0 Å². The summed E-state index contributed by atoms with van der Waals surface area (Å²) in [5.41, 5.74) is 4.85. The summed E-state index contributed by atoms with van der Waals surface area (Å²) >= 11 is 1.54. The van der Waals surface area contributed by atoms with Crippen LogP contribution in [0.25, 0.3) is 0 Å². The smallest absolute Gasteiger partial charge is 0.227 e. The Labute approximate surface area is 100 Å². The lowest BCUT2D eigenvalue weighted by Crippen LogP contribution is -2.47. The minimum Gasteiger partial charge on any atom is -0.387 e. The lowest BCUT2D eigenvalue weighted by Gasteiger charge is -2.23. The summed E-state index contributed by atoms with van der Waals surface area (Å²) in [5.74, 6) is 0.164. The molecule has 1 aliphatic heterocycles. The predicted molar refractivity (Wildman–Crippen MR) is 64.3 cm³/mol. The fraction of sp³-hybridized carbons (Fsp3) is 0.900. The van der Waals surface area contributed by atoms with Gasteiger partial charge >= 0.3 is 0 Å². The predicted octanol–water partition coefficient (Wildman–Crippen LogP) is -0.810. The zero-order valence-corrected chi connectivity index (χ0v) is 10.5. The second-order valence-electron chi connectivity index (χ2n) is 4.46. The first-order valence-electron chi connectivity index (χ1n) is 5.28. The van der Waals surface area contributed by atoms with Crippen molar-refractivity contribution in [2.45, 2.75) is 18.6 Å². The number of hydrogen-bond acceptors (Lipinski definition) is 5. The van der Waals surface area contributed by atoms with Gasteiger partial charge in [0.05, 0.1) is 24.7 Å².